The van der Waals surface area contributed by atoms with Crippen molar-refractivity contribution >= 4 is 45.9 Å². The van der Waals surface area contributed by atoms with E-state index in [4.69, 9.17) is 9.26 Å². The highest BCUT2D eigenvalue weighted by atomic mass is 127. The first-order chi connectivity index (χ1) is 13.5. The normalized spacial score (nSPS) is 11.8. The number of carbonyl (C=O) groups is 1. The Bertz CT molecular complexity index is 945. The van der Waals surface area contributed by atoms with E-state index in [0.29, 0.717) is 23.5 Å². The number of methoxy groups -OCH3 is 1. The molecule has 0 spiro atoms. The van der Waals surface area contributed by atoms with Crippen LogP contribution in [0.25, 0.3) is 5.69 Å². The summed E-state index contributed by atoms with van der Waals surface area (Å²) in [4.78, 5) is 12.7. The van der Waals surface area contributed by atoms with Crippen LogP contribution in [0.2, 0.25) is 0 Å². The minimum absolute atomic E-state index is 0.185. The number of halogens is 1. The van der Waals surface area contributed by atoms with Crippen molar-refractivity contribution in [2.24, 2.45) is 0 Å². The van der Waals surface area contributed by atoms with Gasteiger partial charge in [0.15, 0.2) is 5.95 Å². The van der Waals surface area contributed by atoms with E-state index in [1.807, 2.05) is 31.2 Å². The number of thioether (sulfide) groups is 1. The highest BCUT2D eigenvalue weighted by Crippen LogP contribution is 2.30. The number of amides is 1. The number of nitrogens with one attached hydrogen (secondary N) is 1. The average Bonchev–Trinajstić information content (AvgIpc) is 3.08. The smallest absolute Gasteiger partial charge is 0.298 e. The number of aromatic nitrogens is 2. The molecule has 7 nitrogen and oxygen atoms in total. The quantitative estimate of drug-likeness (QED) is 0.298. The van der Waals surface area contributed by atoms with Gasteiger partial charge >= 0.3 is 0 Å². The Morgan fingerprint density at radius 3 is 2.57 bits per heavy atom. The van der Waals surface area contributed by atoms with Crippen molar-refractivity contribution < 1.29 is 23.8 Å². The molecule has 146 valence electrons. The van der Waals surface area contributed by atoms with Gasteiger partial charge < -0.3 is 19.7 Å². The van der Waals surface area contributed by atoms with Crippen LogP contribution in [-0.2, 0) is 4.79 Å². The lowest BCUT2D eigenvalue weighted by atomic mass is 10.3. The van der Waals surface area contributed by atoms with Crippen molar-refractivity contribution in [1.29, 1.82) is 0 Å². The van der Waals surface area contributed by atoms with Gasteiger partial charge in [-0.3, -0.25) is 4.79 Å². The van der Waals surface area contributed by atoms with Crippen LogP contribution in [0.5, 0.6) is 11.7 Å². The van der Waals surface area contributed by atoms with E-state index in [2.05, 4.69) is 33.2 Å². The maximum atomic E-state index is 12.7. The van der Waals surface area contributed by atoms with Gasteiger partial charge in [-0.15, -0.1) is 0 Å². The lowest BCUT2D eigenvalue weighted by Gasteiger charge is -2.13. The fraction of sp³-hybridized carbons (Fsp3) is 0.211. The van der Waals surface area contributed by atoms with Gasteiger partial charge in [0.2, 0.25) is 11.6 Å². The summed E-state index contributed by atoms with van der Waals surface area (Å²) in [7, 11) is 1.58. The molecular weight excluding hydrogens is 493 g/mol. The summed E-state index contributed by atoms with van der Waals surface area (Å²) >= 11 is 3.34. The SMILES string of the molecule is CCC(Sc1c([O-])on[n+]1-c1ccc(OC)cc1)C(=O)Nc1ccc(I)cc1. The van der Waals surface area contributed by atoms with Crippen molar-refractivity contribution in [2.45, 2.75) is 23.6 Å². The molecule has 0 aliphatic rings. The third-order valence-corrected chi connectivity index (χ3v) is 6.03. The van der Waals surface area contributed by atoms with Crippen LogP contribution in [0.4, 0.5) is 5.69 Å². The first kappa shape index (κ1) is 20.5. The molecule has 1 atom stereocenters. The van der Waals surface area contributed by atoms with Crippen LogP contribution in [0.15, 0.2) is 58.1 Å². The molecule has 2 aromatic carbocycles. The Morgan fingerprint density at radius 2 is 1.96 bits per heavy atom. The van der Waals surface area contributed by atoms with Gasteiger partial charge in [0.1, 0.15) is 5.75 Å². The third kappa shape index (κ3) is 4.76. The average molecular weight is 511 g/mol. The number of anilines is 1. The molecule has 28 heavy (non-hydrogen) atoms. The van der Waals surface area contributed by atoms with E-state index in [1.54, 1.807) is 31.4 Å². The maximum Gasteiger partial charge on any atom is 0.298 e. The molecule has 0 aliphatic carbocycles. The minimum atomic E-state index is -0.582. The maximum absolute atomic E-state index is 12.7. The molecule has 1 aromatic heterocycles. The molecule has 0 bridgehead atoms. The van der Waals surface area contributed by atoms with Crippen molar-refractivity contribution in [3.63, 3.8) is 0 Å². The molecular formula is C19H18IN3O4S. The number of nitrogens with zero attached hydrogens (tertiary/aromatic N) is 2. The second-order valence-corrected chi connectivity index (χ2v) is 8.22. The molecule has 0 radical (unpaired) electrons. The summed E-state index contributed by atoms with van der Waals surface area (Å²) in [6.07, 6.45) is 0.536. The molecule has 1 unspecified atom stereocenters. The monoisotopic (exact) mass is 511 g/mol. The van der Waals surface area contributed by atoms with E-state index in [9.17, 15) is 9.90 Å². The lowest BCUT2D eigenvalue weighted by Crippen LogP contribution is -2.36. The standard InChI is InChI=1S/C19H18IN3O4S/c1-3-16(17(24)21-13-6-4-12(20)5-7-13)28-18-19(25)27-22-23(18)14-8-10-15(26-2)11-9-14/h4-11,16H,3H2,1-2H3,(H-,21,22,24,25). The predicted molar refractivity (Wildman–Crippen MR) is 112 cm³/mol. The number of carbonyl (C=O) groups excluding carboxylic acids is 1. The van der Waals surface area contributed by atoms with Crippen molar-refractivity contribution in [1.82, 2.24) is 5.27 Å². The number of rotatable bonds is 7. The number of hydrogen-bond donors (Lipinski definition) is 1. The summed E-state index contributed by atoms with van der Waals surface area (Å²) in [6, 6.07) is 14.6. The zero-order chi connectivity index (χ0) is 20.1. The molecule has 1 amide bonds. The Hall–Kier alpha value is -2.27. The summed E-state index contributed by atoms with van der Waals surface area (Å²) in [6.45, 7) is 1.89. The van der Waals surface area contributed by atoms with Crippen LogP contribution < -0.4 is 19.8 Å². The Labute approximate surface area is 180 Å². The zero-order valence-corrected chi connectivity index (χ0v) is 18.2. The van der Waals surface area contributed by atoms with Gasteiger partial charge in [0, 0.05) is 21.4 Å². The first-order valence-electron chi connectivity index (χ1n) is 8.48. The summed E-state index contributed by atoms with van der Waals surface area (Å²) in [5, 5.41) is 18.6. The van der Waals surface area contributed by atoms with Gasteiger partial charge in [-0.25, -0.2) is 0 Å². The molecule has 1 N–H and O–H groups in total. The van der Waals surface area contributed by atoms with Crippen LogP contribution in [0.3, 0.4) is 0 Å². The molecule has 9 heteroatoms. The number of hydrogen-bond acceptors (Lipinski definition) is 6. The second-order valence-electron chi connectivity index (χ2n) is 5.79. The molecule has 0 saturated heterocycles. The number of benzene rings is 2. The highest BCUT2D eigenvalue weighted by Gasteiger charge is 2.28. The lowest BCUT2D eigenvalue weighted by molar-refractivity contribution is -0.705. The zero-order valence-electron chi connectivity index (χ0n) is 15.2. The van der Waals surface area contributed by atoms with Crippen molar-refractivity contribution in [3.8, 4) is 17.4 Å². The van der Waals surface area contributed by atoms with E-state index in [0.717, 1.165) is 15.3 Å². The molecule has 0 aliphatic heterocycles. The molecule has 3 rings (SSSR count). The summed E-state index contributed by atoms with van der Waals surface area (Å²) in [5.74, 6) is -0.0790. The van der Waals surface area contributed by atoms with Crippen LogP contribution in [-0.4, -0.2) is 23.5 Å². The summed E-state index contributed by atoms with van der Waals surface area (Å²) in [5.41, 5.74) is 1.35. The van der Waals surface area contributed by atoms with Gasteiger partial charge in [0.25, 0.3) is 5.03 Å². The van der Waals surface area contributed by atoms with E-state index < -0.39 is 11.2 Å². The minimum Gasteiger partial charge on any atom is -0.538 e. The van der Waals surface area contributed by atoms with Gasteiger partial charge in [-0.1, -0.05) is 6.92 Å². The topological polar surface area (TPSA) is 91.3 Å². The first-order valence-corrected chi connectivity index (χ1v) is 10.4. The van der Waals surface area contributed by atoms with E-state index in [-0.39, 0.29) is 10.9 Å². The molecule has 1 heterocycles. The molecule has 3 aromatic rings. The fourth-order valence-corrected chi connectivity index (χ4v) is 3.77. The largest absolute Gasteiger partial charge is 0.538 e. The van der Waals surface area contributed by atoms with Crippen LogP contribution in [0, 0.1) is 3.57 Å². The van der Waals surface area contributed by atoms with Crippen molar-refractivity contribution in [2.75, 3.05) is 12.4 Å². The third-order valence-electron chi connectivity index (χ3n) is 3.92. The Balaban J connectivity index is 1.79. The van der Waals surface area contributed by atoms with Crippen LogP contribution in [0.1, 0.15) is 13.3 Å². The summed E-state index contributed by atoms with van der Waals surface area (Å²) < 4.78 is 12.5. The van der Waals surface area contributed by atoms with E-state index in [1.165, 1.54) is 4.68 Å². The highest BCUT2D eigenvalue weighted by molar-refractivity contribution is 14.1. The van der Waals surface area contributed by atoms with Crippen molar-refractivity contribution in [3.05, 3.63) is 52.1 Å². The van der Waals surface area contributed by atoms with Gasteiger partial charge in [0.05, 0.1) is 17.6 Å². The molecule has 0 fully saturated rings. The van der Waals surface area contributed by atoms with Gasteiger partial charge in [-0.05, 0) is 81.9 Å². The second kappa shape index (κ2) is 9.28. The van der Waals surface area contributed by atoms with Crippen LogP contribution >= 0.6 is 34.4 Å². The number of ether oxygens (including phenoxy) is 1. The Kier molecular flexibility index (Phi) is 6.79. The van der Waals surface area contributed by atoms with E-state index >= 15 is 0 Å². The molecule has 0 saturated carbocycles. The Morgan fingerprint density at radius 1 is 1.29 bits per heavy atom. The van der Waals surface area contributed by atoms with Gasteiger partial charge in [-0.2, -0.15) is 0 Å². The fourth-order valence-electron chi connectivity index (χ4n) is 2.44. The predicted octanol–water partition coefficient (Wildman–Crippen LogP) is 3.15.